The van der Waals surface area contributed by atoms with E-state index in [0.717, 1.165) is 0 Å². The van der Waals surface area contributed by atoms with E-state index in [4.69, 9.17) is 0 Å². The topological polar surface area (TPSA) is 73.4 Å². The van der Waals surface area contributed by atoms with Crippen LogP contribution >= 0.6 is 0 Å². The largest absolute Gasteiger partial charge is 0.464 e. The molecule has 0 radical (unpaired) electrons. The highest BCUT2D eigenvalue weighted by atomic mass is 16.8. The second kappa shape index (κ2) is 3.86. The first-order valence-corrected chi connectivity index (χ1v) is 3.73. The van der Waals surface area contributed by atoms with Crippen molar-refractivity contribution in [1.29, 1.82) is 0 Å². The molecule has 0 aliphatic heterocycles. The maximum Gasteiger partial charge on any atom is 0.369 e. The number of esters is 1. The summed E-state index contributed by atoms with van der Waals surface area (Å²) >= 11 is 0. The van der Waals surface area contributed by atoms with Crippen molar-refractivity contribution >= 4 is 11.7 Å². The number of carbonyl (C=O) groups excluding carboxylic acids is 1. The van der Waals surface area contributed by atoms with Gasteiger partial charge in [0.15, 0.2) is 7.11 Å². The van der Waals surface area contributed by atoms with Crippen LogP contribution in [-0.2, 0) is 16.6 Å². The van der Waals surface area contributed by atoms with Crippen molar-refractivity contribution in [3.05, 3.63) is 16.8 Å². The Morgan fingerprint density at radius 1 is 1.57 bits per heavy atom. The molecule has 0 atom stereocenters. The maximum atomic E-state index is 11.1. The van der Waals surface area contributed by atoms with Gasteiger partial charge in [-0.05, 0) is 0 Å². The molecule has 76 valence electrons. The molecule has 7 nitrogen and oxygen atoms in total. The van der Waals surface area contributed by atoms with Gasteiger partial charge in [-0.2, -0.15) is 5.10 Å². The average Bonchev–Trinajstić information content (AvgIpc) is 2.58. The first-order chi connectivity index (χ1) is 6.60. The third-order valence-electron chi connectivity index (χ3n) is 1.55. The number of carbonyl (C=O) groups is 1. The first kappa shape index (κ1) is 10.2. The van der Waals surface area contributed by atoms with Gasteiger partial charge in [-0.25, -0.2) is 9.63 Å². The molecule has 0 saturated carbocycles. The number of rotatable bonds is 3. The van der Waals surface area contributed by atoms with E-state index in [9.17, 15) is 9.70 Å². The van der Waals surface area contributed by atoms with Crippen molar-refractivity contribution in [3.63, 3.8) is 0 Å². The van der Waals surface area contributed by atoms with Gasteiger partial charge in [0.2, 0.25) is 0 Å². The lowest BCUT2D eigenvalue weighted by molar-refractivity contribution is -0.736. The lowest BCUT2D eigenvalue weighted by Crippen LogP contribution is -2.07. The molecule has 0 amide bonds. The van der Waals surface area contributed by atoms with Gasteiger partial charge >= 0.3 is 11.7 Å². The van der Waals surface area contributed by atoms with Crippen LogP contribution in [0.1, 0.15) is 10.5 Å². The Morgan fingerprint density at radius 3 is 2.71 bits per heavy atom. The zero-order valence-electron chi connectivity index (χ0n) is 8.05. The van der Waals surface area contributed by atoms with E-state index in [2.05, 4.69) is 14.7 Å². The zero-order chi connectivity index (χ0) is 10.7. The summed E-state index contributed by atoms with van der Waals surface area (Å²) in [6.45, 7) is 0. The minimum absolute atomic E-state index is 0.0156. The molecule has 0 saturated heterocycles. The fourth-order valence-corrected chi connectivity index (χ4v) is 0.950. The summed E-state index contributed by atoms with van der Waals surface area (Å²) in [7, 11) is 3.99. The van der Waals surface area contributed by atoms with Crippen LogP contribution < -0.4 is 0 Å². The number of methoxy groups -OCH3 is 1. The highest BCUT2D eigenvalue weighted by Crippen LogP contribution is 2.17. The highest BCUT2D eigenvalue weighted by Gasteiger charge is 2.30. The molecule has 0 N–H and O–H groups in total. The Bertz CT molecular complexity index is 338. The van der Waals surface area contributed by atoms with Gasteiger partial charge in [-0.3, -0.25) is 4.68 Å². The van der Waals surface area contributed by atoms with Gasteiger partial charge in [0, 0.05) is 7.05 Å². The predicted octanol–water partition coefficient (Wildman–Crippen LogP) is 0.178. The minimum Gasteiger partial charge on any atom is -0.464 e. The molecule has 0 fully saturated rings. The molecule has 1 heterocycles. The molecule has 0 aliphatic carbocycles. The average molecular weight is 200 g/mol. The summed E-state index contributed by atoms with van der Waals surface area (Å²) < 4.78 is 5.77. The monoisotopic (exact) mass is 200 g/mol. The standard InChI is InChI=1S/C7H10N3O4/c1-9-4-5(10(12)14-3)6(8-9)7(11)13-2/h4H,1-3H3/q+1. The van der Waals surface area contributed by atoms with E-state index < -0.39 is 5.97 Å². The molecule has 0 unspecified atom stereocenters. The molecule has 14 heavy (non-hydrogen) atoms. The van der Waals surface area contributed by atoms with E-state index in [1.54, 1.807) is 7.05 Å². The Hall–Kier alpha value is -1.92. The van der Waals surface area contributed by atoms with Gasteiger partial charge in [-0.1, -0.05) is 0 Å². The molecular formula is C7H10N3O4+. The van der Waals surface area contributed by atoms with Gasteiger partial charge in [0.25, 0.3) is 10.6 Å². The van der Waals surface area contributed by atoms with Crippen molar-refractivity contribution in [3.8, 4) is 0 Å². The quantitative estimate of drug-likeness (QED) is 0.514. The van der Waals surface area contributed by atoms with Gasteiger partial charge in [-0.15, -0.1) is 0 Å². The van der Waals surface area contributed by atoms with Crippen molar-refractivity contribution in [1.82, 2.24) is 9.78 Å². The number of nitrogens with zero attached hydrogens (tertiary/aromatic N) is 3. The van der Waals surface area contributed by atoms with Crippen LogP contribution in [0.2, 0.25) is 0 Å². The van der Waals surface area contributed by atoms with Crippen LogP contribution in [0.15, 0.2) is 6.20 Å². The number of aromatic nitrogens is 2. The van der Waals surface area contributed by atoms with Crippen molar-refractivity contribution in [2.75, 3.05) is 14.2 Å². The van der Waals surface area contributed by atoms with Crippen molar-refractivity contribution in [2.45, 2.75) is 0 Å². The van der Waals surface area contributed by atoms with Crippen molar-refractivity contribution < 1.29 is 19.3 Å². The van der Waals surface area contributed by atoms with E-state index in [-0.39, 0.29) is 16.3 Å². The summed E-state index contributed by atoms with van der Waals surface area (Å²) in [5.41, 5.74) is -0.0614. The fraction of sp³-hybridized carbons (Fsp3) is 0.429. The Morgan fingerprint density at radius 2 is 2.21 bits per heavy atom. The zero-order valence-corrected chi connectivity index (χ0v) is 8.05. The molecule has 0 spiro atoms. The first-order valence-electron chi connectivity index (χ1n) is 3.73. The second-order valence-corrected chi connectivity index (χ2v) is 2.47. The molecule has 1 rings (SSSR count). The summed E-state index contributed by atoms with van der Waals surface area (Å²) in [6, 6.07) is 0. The van der Waals surface area contributed by atoms with Crippen LogP contribution in [0.25, 0.3) is 0 Å². The number of ether oxygens (including phenoxy) is 1. The van der Waals surface area contributed by atoms with E-state index in [1.165, 1.54) is 25.1 Å². The van der Waals surface area contributed by atoms with Crippen molar-refractivity contribution in [2.24, 2.45) is 7.05 Å². The number of aryl methyl sites for hydroxylation is 1. The van der Waals surface area contributed by atoms with Crippen LogP contribution in [0.5, 0.6) is 0 Å². The predicted molar refractivity (Wildman–Crippen MR) is 44.8 cm³/mol. The Labute approximate surface area is 79.7 Å². The lowest BCUT2D eigenvalue weighted by Gasteiger charge is -1.91. The Kier molecular flexibility index (Phi) is 2.80. The smallest absolute Gasteiger partial charge is 0.369 e. The maximum absolute atomic E-state index is 11.1. The molecule has 1 aromatic rings. The van der Waals surface area contributed by atoms with E-state index in [1.807, 2.05) is 0 Å². The molecular weight excluding hydrogens is 190 g/mol. The Balaban J connectivity index is 3.15. The molecule has 0 aliphatic rings. The summed E-state index contributed by atoms with van der Waals surface area (Å²) in [5, 5.41) is 3.77. The van der Waals surface area contributed by atoms with Gasteiger partial charge in [0.05, 0.1) is 12.0 Å². The normalized spacial score (nSPS) is 9.64. The van der Waals surface area contributed by atoms with Crippen LogP contribution in [0.4, 0.5) is 5.69 Å². The second-order valence-electron chi connectivity index (χ2n) is 2.47. The SMILES string of the molecule is COC(=O)c1nn(C)cc1[N+](=O)OC. The molecule has 7 heteroatoms. The summed E-state index contributed by atoms with van der Waals surface area (Å²) in [5.74, 6) is -0.682. The van der Waals surface area contributed by atoms with Crippen LogP contribution in [-0.4, -0.2) is 34.9 Å². The summed E-state index contributed by atoms with van der Waals surface area (Å²) in [4.78, 5) is 26.8. The third kappa shape index (κ3) is 1.70. The fourth-order valence-electron chi connectivity index (χ4n) is 0.950. The molecule has 0 bridgehead atoms. The van der Waals surface area contributed by atoms with Crippen LogP contribution in [0.3, 0.4) is 0 Å². The molecule has 0 aromatic carbocycles. The van der Waals surface area contributed by atoms with Gasteiger partial charge < -0.3 is 4.74 Å². The van der Waals surface area contributed by atoms with Crippen LogP contribution in [0, 0.1) is 4.91 Å². The molecule has 1 aromatic heterocycles. The van der Waals surface area contributed by atoms with E-state index >= 15 is 0 Å². The highest BCUT2D eigenvalue weighted by molar-refractivity contribution is 5.91. The van der Waals surface area contributed by atoms with E-state index in [0.29, 0.717) is 0 Å². The number of hydrogen-bond donors (Lipinski definition) is 0. The number of hydrogen-bond acceptors (Lipinski definition) is 5. The summed E-state index contributed by atoms with van der Waals surface area (Å²) in [6.07, 6.45) is 1.36. The lowest BCUT2D eigenvalue weighted by atomic mass is 10.4. The van der Waals surface area contributed by atoms with Gasteiger partial charge in [0.1, 0.15) is 6.20 Å². The third-order valence-corrected chi connectivity index (χ3v) is 1.55. The minimum atomic E-state index is -0.682.